The molecule has 9 nitrogen and oxygen atoms in total. The second-order valence-electron chi connectivity index (χ2n) is 7.84. The van der Waals surface area contributed by atoms with Crippen molar-refractivity contribution in [1.29, 1.82) is 0 Å². The number of hydrogen-bond donors (Lipinski definition) is 0. The van der Waals surface area contributed by atoms with Crippen LogP contribution in [-0.4, -0.2) is 30.1 Å². The number of hydrogen-bond acceptors (Lipinski definition) is 6. The van der Waals surface area contributed by atoms with Crippen LogP contribution in [0.5, 0.6) is 0 Å². The monoisotopic (exact) mass is 483 g/mol. The summed E-state index contributed by atoms with van der Waals surface area (Å²) in [4.78, 5) is 24.3. The van der Waals surface area contributed by atoms with E-state index < -0.39 is 16.0 Å². The van der Waals surface area contributed by atoms with Crippen molar-refractivity contribution < 1.29 is 22.4 Å². The molecule has 34 heavy (non-hydrogen) atoms. The van der Waals surface area contributed by atoms with Gasteiger partial charge < -0.3 is 9.15 Å². The first kappa shape index (κ1) is 23.4. The molecule has 0 amide bonds. The number of nitrogens with zero attached hydrogens (tertiary/aromatic N) is 3. The van der Waals surface area contributed by atoms with E-state index in [-0.39, 0.29) is 35.3 Å². The van der Waals surface area contributed by atoms with E-state index in [2.05, 4.69) is 0 Å². The maximum absolute atomic E-state index is 13.9. The Kier molecular flexibility index (Phi) is 6.09. The van der Waals surface area contributed by atoms with Crippen molar-refractivity contribution in [1.82, 2.24) is 9.13 Å². The van der Waals surface area contributed by atoms with Crippen LogP contribution in [-0.2, 0) is 35.4 Å². The average molecular weight is 484 g/mol. The van der Waals surface area contributed by atoms with E-state index in [9.17, 15) is 18.0 Å². The maximum atomic E-state index is 13.9. The minimum Gasteiger partial charge on any atom is -0.460 e. The third kappa shape index (κ3) is 4.01. The number of ether oxygens (including phenoxy) is 1. The molecule has 0 atom stereocenters. The van der Waals surface area contributed by atoms with Crippen molar-refractivity contribution in [3.8, 4) is 0 Å². The van der Waals surface area contributed by atoms with Gasteiger partial charge in [-0.15, -0.1) is 0 Å². The number of rotatable bonds is 7. The topological polar surface area (TPSA) is 104 Å². The lowest BCUT2D eigenvalue weighted by molar-refractivity contribution is 0.0488. The van der Waals surface area contributed by atoms with Crippen molar-refractivity contribution in [3.63, 3.8) is 0 Å². The number of benzene rings is 2. The zero-order chi connectivity index (χ0) is 24.6. The van der Waals surface area contributed by atoms with Gasteiger partial charge in [-0.25, -0.2) is 18.0 Å². The Hall–Kier alpha value is -3.79. The molecular formula is C24H25N3O6S. The molecule has 10 heteroatoms. The fourth-order valence-electron chi connectivity index (χ4n) is 3.83. The highest BCUT2D eigenvalue weighted by molar-refractivity contribution is 7.92. The number of fused-ring (bicyclic) bond motifs is 1. The molecule has 0 aliphatic carbocycles. The first-order valence-corrected chi connectivity index (χ1v) is 12.1. The summed E-state index contributed by atoms with van der Waals surface area (Å²) in [6.07, 6.45) is 0. The second-order valence-corrected chi connectivity index (χ2v) is 9.70. The average Bonchev–Trinajstić information content (AvgIpc) is 3.37. The van der Waals surface area contributed by atoms with Crippen LogP contribution in [0.15, 0.2) is 68.7 Å². The summed E-state index contributed by atoms with van der Waals surface area (Å²) in [7, 11) is -0.843. The molecule has 0 saturated carbocycles. The summed E-state index contributed by atoms with van der Waals surface area (Å²) in [6.45, 7) is 3.56. The summed E-state index contributed by atoms with van der Waals surface area (Å²) in [5.41, 5.74) is 2.09. The largest absolute Gasteiger partial charge is 0.460 e. The molecule has 0 aliphatic rings. The standard InChI is InChI=1S/C24H25N3O6S/c1-5-32-23(28)22-13-10-17(33-22)15-27(19-9-7-6-8-16(19)2)34(30,31)18-11-12-20-21(14-18)26(4)24(29)25(20)3/h6-14H,5,15H2,1-4H3. The normalized spacial score (nSPS) is 11.6. The molecule has 0 unspecified atom stereocenters. The van der Waals surface area contributed by atoms with E-state index in [1.807, 2.05) is 19.1 Å². The van der Waals surface area contributed by atoms with E-state index in [0.717, 1.165) is 5.56 Å². The molecule has 2 aromatic heterocycles. The van der Waals surface area contributed by atoms with Gasteiger partial charge in [0.2, 0.25) is 5.76 Å². The molecule has 178 valence electrons. The number of anilines is 1. The summed E-state index contributed by atoms with van der Waals surface area (Å²) in [5, 5.41) is 0. The number of aryl methyl sites for hydroxylation is 3. The molecule has 0 aliphatic heterocycles. The lowest BCUT2D eigenvalue weighted by Gasteiger charge is -2.25. The van der Waals surface area contributed by atoms with E-state index in [1.165, 1.54) is 31.6 Å². The van der Waals surface area contributed by atoms with E-state index in [1.54, 1.807) is 45.3 Å². The van der Waals surface area contributed by atoms with Crippen LogP contribution in [0.4, 0.5) is 5.69 Å². The third-order valence-corrected chi connectivity index (χ3v) is 7.41. The van der Waals surface area contributed by atoms with Gasteiger partial charge in [0.15, 0.2) is 0 Å². The Bertz CT molecular complexity index is 1540. The number of carbonyl (C=O) groups is 1. The van der Waals surface area contributed by atoms with Gasteiger partial charge in [-0.1, -0.05) is 18.2 Å². The van der Waals surface area contributed by atoms with Gasteiger partial charge in [-0.3, -0.25) is 13.4 Å². The number of aromatic nitrogens is 2. The van der Waals surface area contributed by atoms with Gasteiger partial charge in [0.25, 0.3) is 10.0 Å². The Morgan fingerprint density at radius 3 is 2.44 bits per heavy atom. The molecule has 4 rings (SSSR count). The lowest BCUT2D eigenvalue weighted by atomic mass is 10.2. The van der Waals surface area contributed by atoms with E-state index >= 15 is 0 Å². The first-order chi connectivity index (χ1) is 16.1. The molecule has 2 heterocycles. The predicted octanol–water partition coefficient (Wildman–Crippen LogP) is 3.35. The Morgan fingerprint density at radius 2 is 1.74 bits per heavy atom. The number of sulfonamides is 1. The minimum absolute atomic E-state index is 0.000290. The zero-order valence-corrected chi connectivity index (χ0v) is 20.1. The Balaban J connectivity index is 1.81. The van der Waals surface area contributed by atoms with E-state index in [4.69, 9.17) is 9.15 Å². The fraction of sp³-hybridized carbons (Fsp3) is 0.250. The van der Waals surface area contributed by atoms with Gasteiger partial charge in [0.1, 0.15) is 5.76 Å². The summed E-state index contributed by atoms with van der Waals surface area (Å²) in [6, 6.07) is 14.7. The highest BCUT2D eigenvalue weighted by Crippen LogP contribution is 2.30. The molecule has 0 radical (unpaired) electrons. The van der Waals surface area contributed by atoms with Crippen LogP contribution in [0.25, 0.3) is 11.0 Å². The highest BCUT2D eigenvalue weighted by atomic mass is 32.2. The first-order valence-electron chi connectivity index (χ1n) is 10.6. The summed E-state index contributed by atoms with van der Waals surface area (Å²) < 4.78 is 42.4. The molecule has 0 bridgehead atoms. The molecule has 0 fully saturated rings. The van der Waals surface area contributed by atoms with Crippen molar-refractivity contribution in [3.05, 3.63) is 82.2 Å². The van der Waals surface area contributed by atoms with E-state index in [0.29, 0.717) is 16.7 Å². The quantitative estimate of drug-likeness (QED) is 0.374. The SMILES string of the molecule is CCOC(=O)c1ccc(CN(c2ccccc2C)S(=O)(=O)c2ccc3c(c2)n(C)c(=O)n3C)o1. The van der Waals surface area contributed by atoms with Crippen LogP contribution in [0, 0.1) is 6.92 Å². The van der Waals surface area contributed by atoms with Crippen molar-refractivity contribution in [2.24, 2.45) is 14.1 Å². The third-order valence-electron chi connectivity index (χ3n) is 5.65. The van der Waals surface area contributed by atoms with Gasteiger partial charge in [-0.2, -0.15) is 0 Å². The number of carbonyl (C=O) groups excluding carboxylic acids is 1. The van der Waals surface area contributed by atoms with Gasteiger partial charge >= 0.3 is 11.7 Å². The predicted molar refractivity (Wildman–Crippen MR) is 127 cm³/mol. The van der Waals surface area contributed by atoms with Crippen LogP contribution in [0.3, 0.4) is 0 Å². The second kappa shape index (κ2) is 8.86. The molecule has 2 aromatic carbocycles. The molecule has 0 spiro atoms. The van der Waals surface area contributed by atoms with Gasteiger partial charge in [0, 0.05) is 14.1 Å². The van der Waals surface area contributed by atoms with Crippen LogP contribution in [0.1, 0.15) is 28.8 Å². The number of furan rings is 1. The van der Waals surface area contributed by atoms with Crippen LogP contribution >= 0.6 is 0 Å². The van der Waals surface area contributed by atoms with Gasteiger partial charge in [0.05, 0.1) is 34.8 Å². The smallest absolute Gasteiger partial charge is 0.374 e. The zero-order valence-electron chi connectivity index (χ0n) is 19.3. The Morgan fingerprint density at radius 1 is 1.03 bits per heavy atom. The van der Waals surface area contributed by atoms with Crippen LogP contribution in [0.2, 0.25) is 0 Å². The minimum atomic E-state index is -4.08. The lowest BCUT2D eigenvalue weighted by Crippen LogP contribution is -2.31. The molecule has 0 saturated heterocycles. The number of para-hydroxylation sites is 1. The summed E-state index contributed by atoms with van der Waals surface area (Å²) >= 11 is 0. The van der Waals surface area contributed by atoms with Crippen molar-refractivity contribution in [2.75, 3.05) is 10.9 Å². The Labute approximate surface area is 196 Å². The molecule has 4 aromatic rings. The van der Waals surface area contributed by atoms with Crippen molar-refractivity contribution in [2.45, 2.75) is 25.3 Å². The van der Waals surface area contributed by atoms with Crippen LogP contribution < -0.4 is 9.99 Å². The highest BCUT2D eigenvalue weighted by Gasteiger charge is 2.28. The number of esters is 1. The van der Waals surface area contributed by atoms with Crippen molar-refractivity contribution >= 4 is 32.7 Å². The summed E-state index contributed by atoms with van der Waals surface area (Å²) in [5.74, 6) is -0.336. The molecule has 0 N–H and O–H groups in total. The van der Waals surface area contributed by atoms with Gasteiger partial charge in [-0.05, 0) is 55.8 Å². The number of imidazole rings is 1. The molecular weight excluding hydrogens is 458 g/mol. The fourth-order valence-corrected chi connectivity index (χ4v) is 5.35. The maximum Gasteiger partial charge on any atom is 0.374 e.